The maximum Gasteiger partial charge on any atom is 0.276 e. The zero-order chi connectivity index (χ0) is 25.2. The van der Waals surface area contributed by atoms with Crippen molar-refractivity contribution >= 4 is 28.2 Å². The molecule has 8 nitrogen and oxygen atoms in total. The molecule has 1 amide bonds. The van der Waals surface area contributed by atoms with Crippen molar-refractivity contribution in [3.05, 3.63) is 90.8 Å². The van der Waals surface area contributed by atoms with Crippen LogP contribution >= 0.6 is 0 Å². The van der Waals surface area contributed by atoms with Gasteiger partial charge in [-0.25, -0.2) is 9.37 Å². The standard InChI is InChI=1S/C28H23FN6O2/c29-23-5-1-2-6-25(23)37-26-10-8-20(16-31-26)32-28(36)27-22-14-18(7-9-24(22)33-34-27)19-13-21(17-30-15-19)35-11-3-4-12-35/h1-2,5-10,13-17H,3-4,11-12H2,(H,32,36)(H,33,34). The third-order valence-corrected chi connectivity index (χ3v) is 6.35. The highest BCUT2D eigenvalue weighted by Gasteiger charge is 2.17. The molecular formula is C28H23FN6O2. The summed E-state index contributed by atoms with van der Waals surface area (Å²) in [6, 6.07) is 17.3. The minimum Gasteiger partial charge on any atom is -0.436 e. The number of ether oxygens (including phenoxy) is 1. The molecule has 1 saturated heterocycles. The maximum absolute atomic E-state index is 13.8. The van der Waals surface area contributed by atoms with Crippen LogP contribution in [0.25, 0.3) is 22.0 Å². The summed E-state index contributed by atoms with van der Waals surface area (Å²) in [4.78, 5) is 24.0. The first-order valence-corrected chi connectivity index (χ1v) is 12.0. The second-order valence-corrected chi connectivity index (χ2v) is 8.83. The summed E-state index contributed by atoms with van der Waals surface area (Å²) in [5.74, 6) is -0.573. The number of pyridine rings is 2. The number of hydrogen-bond donors (Lipinski definition) is 2. The summed E-state index contributed by atoms with van der Waals surface area (Å²) in [6.07, 6.45) is 7.56. The number of aromatic amines is 1. The van der Waals surface area contributed by atoms with Crippen LogP contribution in [0.5, 0.6) is 11.6 Å². The van der Waals surface area contributed by atoms with Crippen molar-refractivity contribution in [1.82, 2.24) is 20.2 Å². The zero-order valence-electron chi connectivity index (χ0n) is 19.8. The van der Waals surface area contributed by atoms with Crippen LogP contribution in [-0.4, -0.2) is 39.2 Å². The monoisotopic (exact) mass is 494 g/mol. The average molecular weight is 495 g/mol. The van der Waals surface area contributed by atoms with Gasteiger partial charge in [-0.3, -0.25) is 14.9 Å². The number of nitrogens with zero attached hydrogens (tertiary/aromatic N) is 4. The van der Waals surface area contributed by atoms with E-state index >= 15 is 0 Å². The van der Waals surface area contributed by atoms with Crippen LogP contribution in [0.1, 0.15) is 23.3 Å². The Morgan fingerprint density at radius 2 is 1.84 bits per heavy atom. The second kappa shape index (κ2) is 9.69. The number of benzene rings is 2. The topological polar surface area (TPSA) is 96.0 Å². The quantitative estimate of drug-likeness (QED) is 0.310. The Bertz CT molecular complexity index is 1580. The lowest BCUT2D eigenvalue weighted by Gasteiger charge is -2.17. The highest BCUT2D eigenvalue weighted by atomic mass is 19.1. The highest BCUT2D eigenvalue weighted by Crippen LogP contribution is 2.29. The largest absolute Gasteiger partial charge is 0.436 e. The van der Waals surface area contributed by atoms with Gasteiger partial charge in [0.1, 0.15) is 0 Å². The summed E-state index contributed by atoms with van der Waals surface area (Å²) >= 11 is 0. The average Bonchev–Trinajstić information content (AvgIpc) is 3.61. The van der Waals surface area contributed by atoms with Crippen molar-refractivity contribution in [2.45, 2.75) is 12.8 Å². The Morgan fingerprint density at radius 3 is 2.65 bits per heavy atom. The number of fused-ring (bicyclic) bond motifs is 1. The summed E-state index contributed by atoms with van der Waals surface area (Å²) in [7, 11) is 0. The normalized spacial score (nSPS) is 13.2. The molecule has 37 heavy (non-hydrogen) atoms. The van der Waals surface area contributed by atoms with Gasteiger partial charge in [-0.05, 0) is 54.8 Å². The number of anilines is 2. The summed E-state index contributed by atoms with van der Waals surface area (Å²) < 4.78 is 19.3. The number of halogens is 1. The molecule has 0 radical (unpaired) electrons. The smallest absolute Gasteiger partial charge is 0.276 e. The number of carbonyl (C=O) groups is 1. The Kier molecular flexibility index (Phi) is 5.94. The minimum absolute atomic E-state index is 0.0757. The first-order chi connectivity index (χ1) is 18.1. The summed E-state index contributed by atoms with van der Waals surface area (Å²) in [5, 5.41) is 10.7. The van der Waals surface area contributed by atoms with Crippen LogP contribution in [-0.2, 0) is 0 Å². The number of amides is 1. The van der Waals surface area contributed by atoms with E-state index in [2.05, 4.69) is 36.4 Å². The third kappa shape index (κ3) is 4.71. The van der Waals surface area contributed by atoms with Crippen molar-refractivity contribution in [2.24, 2.45) is 0 Å². The predicted octanol–water partition coefficient (Wildman–Crippen LogP) is 5.80. The van der Waals surface area contributed by atoms with Gasteiger partial charge in [-0.1, -0.05) is 18.2 Å². The Hall–Kier alpha value is -4.79. The number of H-pyrrole nitrogens is 1. The molecular weight excluding hydrogens is 471 g/mol. The van der Waals surface area contributed by atoms with Gasteiger partial charge in [0, 0.05) is 36.3 Å². The van der Waals surface area contributed by atoms with Gasteiger partial charge in [0.25, 0.3) is 5.91 Å². The van der Waals surface area contributed by atoms with Gasteiger partial charge in [-0.15, -0.1) is 0 Å². The van der Waals surface area contributed by atoms with Crippen LogP contribution in [0, 0.1) is 5.82 Å². The molecule has 0 unspecified atom stereocenters. The molecule has 2 N–H and O–H groups in total. The van der Waals surface area contributed by atoms with Gasteiger partial charge in [0.2, 0.25) is 5.88 Å². The first kappa shape index (κ1) is 22.7. The molecule has 0 atom stereocenters. The minimum atomic E-state index is -0.481. The summed E-state index contributed by atoms with van der Waals surface area (Å²) in [6.45, 7) is 2.09. The third-order valence-electron chi connectivity index (χ3n) is 6.35. The molecule has 1 aliphatic heterocycles. The number of rotatable bonds is 6. The van der Waals surface area contributed by atoms with Crippen LogP contribution in [0.4, 0.5) is 15.8 Å². The van der Waals surface area contributed by atoms with Gasteiger partial charge >= 0.3 is 0 Å². The lowest BCUT2D eigenvalue weighted by molar-refractivity contribution is 0.102. The van der Waals surface area contributed by atoms with Crippen LogP contribution in [0.3, 0.4) is 0 Å². The van der Waals surface area contributed by atoms with Crippen molar-refractivity contribution < 1.29 is 13.9 Å². The predicted molar refractivity (Wildman–Crippen MR) is 139 cm³/mol. The Morgan fingerprint density at radius 1 is 0.973 bits per heavy atom. The van der Waals surface area contributed by atoms with Gasteiger partial charge in [-0.2, -0.15) is 5.10 Å². The molecule has 184 valence electrons. The van der Waals surface area contributed by atoms with Gasteiger partial charge in [0.15, 0.2) is 17.3 Å². The molecule has 2 aromatic carbocycles. The van der Waals surface area contributed by atoms with E-state index in [0.717, 1.165) is 35.4 Å². The molecule has 1 aliphatic rings. The number of para-hydroxylation sites is 1. The molecule has 0 bridgehead atoms. The summed E-state index contributed by atoms with van der Waals surface area (Å²) in [5.41, 5.74) is 4.52. The fourth-order valence-electron chi connectivity index (χ4n) is 4.45. The van der Waals surface area contributed by atoms with Crippen molar-refractivity contribution in [2.75, 3.05) is 23.3 Å². The molecule has 0 saturated carbocycles. The van der Waals surface area contributed by atoms with E-state index in [1.165, 1.54) is 31.2 Å². The van der Waals surface area contributed by atoms with Crippen LogP contribution < -0.4 is 15.0 Å². The van der Waals surface area contributed by atoms with Crippen molar-refractivity contribution in [3.63, 3.8) is 0 Å². The Labute approximate surface area is 212 Å². The second-order valence-electron chi connectivity index (χ2n) is 8.83. The van der Waals surface area contributed by atoms with Gasteiger partial charge < -0.3 is 15.0 Å². The fraction of sp³-hybridized carbons (Fsp3) is 0.143. The molecule has 0 spiro atoms. The van der Waals surface area contributed by atoms with Gasteiger partial charge in [0.05, 0.1) is 29.3 Å². The SMILES string of the molecule is O=C(Nc1ccc(Oc2ccccc2F)nc1)c1n[nH]c2ccc(-c3cncc(N4CCCC4)c3)cc12. The number of aromatic nitrogens is 4. The molecule has 1 fully saturated rings. The first-order valence-electron chi connectivity index (χ1n) is 12.0. The van der Waals surface area contributed by atoms with E-state index in [4.69, 9.17) is 4.74 Å². The molecule has 0 aliphatic carbocycles. The molecule has 6 rings (SSSR count). The number of nitrogens with one attached hydrogen (secondary N) is 2. The van der Waals surface area contributed by atoms with Crippen LogP contribution in [0.2, 0.25) is 0 Å². The molecule has 4 heterocycles. The van der Waals surface area contributed by atoms with Crippen molar-refractivity contribution in [3.8, 4) is 22.8 Å². The lowest BCUT2D eigenvalue weighted by atomic mass is 10.0. The number of carbonyl (C=O) groups excluding carboxylic acids is 1. The molecule has 3 aromatic heterocycles. The van der Waals surface area contributed by atoms with E-state index in [-0.39, 0.29) is 23.2 Å². The van der Waals surface area contributed by atoms with E-state index in [0.29, 0.717) is 11.1 Å². The fourth-order valence-corrected chi connectivity index (χ4v) is 4.45. The Balaban J connectivity index is 1.21. The number of hydrogen-bond acceptors (Lipinski definition) is 6. The van der Waals surface area contributed by atoms with Crippen molar-refractivity contribution in [1.29, 1.82) is 0 Å². The highest BCUT2D eigenvalue weighted by molar-refractivity contribution is 6.11. The zero-order valence-corrected chi connectivity index (χ0v) is 19.8. The van der Waals surface area contributed by atoms with E-state index in [1.807, 2.05) is 30.6 Å². The van der Waals surface area contributed by atoms with Crippen LogP contribution in [0.15, 0.2) is 79.3 Å². The van der Waals surface area contributed by atoms with E-state index < -0.39 is 5.82 Å². The lowest BCUT2D eigenvalue weighted by Crippen LogP contribution is -2.17. The molecule has 5 aromatic rings. The molecule has 9 heteroatoms. The maximum atomic E-state index is 13.8. The van der Waals surface area contributed by atoms with E-state index in [1.54, 1.807) is 24.3 Å². The van der Waals surface area contributed by atoms with E-state index in [9.17, 15) is 9.18 Å².